The van der Waals surface area contributed by atoms with Crippen LogP contribution in [0.25, 0.3) is 11.1 Å². The van der Waals surface area contributed by atoms with E-state index in [9.17, 15) is 20.2 Å². The molecule has 7 nitrogen and oxygen atoms in total. The van der Waals surface area contributed by atoms with Crippen molar-refractivity contribution < 1.29 is 9.72 Å². The molecule has 1 heterocycles. The molecule has 0 bridgehead atoms. The second-order valence-electron chi connectivity index (χ2n) is 7.49. The standard InChI is InChI=1S/C25H24N4O3/c1-3-4-9-23(30)28(25-24(29(31)32)18(2)14-15-27-25)17-19-10-12-20(13-11-19)22-8-6-5-7-21(22)16-26/h5-8,10-15H,3-4,9,17H2,1-2H3. The fourth-order valence-corrected chi connectivity index (χ4v) is 3.51. The molecule has 2 aromatic carbocycles. The Balaban J connectivity index is 1.96. The van der Waals surface area contributed by atoms with E-state index in [1.165, 1.54) is 11.1 Å². The molecule has 162 valence electrons. The van der Waals surface area contributed by atoms with E-state index < -0.39 is 4.92 Å². The van der Waals surface area contributed by atoms with E-state index >= 15 is 0 Å². The highest BCUT2D eigenvalue weighted by Gasteiger charge is 2.27. The van der Waals surface area contributed by atoms with Crippen molar-refractivity contribution in [1.82, 2.24) is 4.98 Å². The predicted octanol–water partition coefficient (Wildman–Crippen LogP) is 5.56. The lowest BCUT2D eigenvalue weighted by Crippen LogP contribution is -2.31. The van der Waals surface area contributed by atoms with Crippen LogP contribution in [0.15, 0.2) is 60.8 Å². The molecular formula is C25H24N4O3. The molecule has 0 aliphatic carbocycles. The second-order valence-corrected chi connectivity index (χ2v) is 7.49. The van der Waals surface area contributed by atoms with Gasteiger partial charge in [-0.15, -0.1) is 0 Å². The van der Waals surface area contributed by atoms with E-state index in [-0.39, 0.29) is 30.4 Å². The number of carbonyl (C=O) groups excluding carboxylic acids is 1. The first-order valence-electron chi connectivity index (χ1n) is 10.4. The number of pyridine rings is 1. The molecule has 0 unspecified atom stereocenters. The number of benzene rings is 2. The highest BCUT2D eigenvalue weighted by molar-refractivity contribution is 5.94. The van der Waals surface area contributed by atoms with Crippen LogP contribution in [0.1, 0.15) is 42.9 Å². The van der Waals surface area contributed by atoms with Gasteiger partial charge in [0.1, 0.15) is 0 Å². The third-order valence-electron chi connectivity index (χ3n) is 5.24. The first-order chi connectivity index (χ1) is 15.5. The summed E-state index contributed by atoms with van der Waals surface area (Å²) in [6.45, 7) is 3.79. The number of rotatable bonds is 8. The maximum atomic E-state index is 13.0. The number of hydrogen-bond donors (Lipinski definition) is 0. The largest absolute Gasteiger partial charge is 0.314 e. The fraction of sp³-hybridized carbons (Fsp3) is 0.240. The third-order valence-corrected chi connectivity index (χ3v) is 5.24. The van der Waals surface area contributed by atoms with Crippen LogP contribution in [0.3, 0.4) is 0 Å². The topological polar surface area (TPSA) is 100 Å². The molecule has 0 aliphatic heterocycles. The summed E-state index contributed by atoms with van der Waals surface area (Å²) in [6, 6.07) is 18.6. The predicted molar refractivity (Wildman–Crippen MR) is 123 cm³/mol. The summed E-state index contributed by atoms with van der Waals surface area (Å²) in [7, 11) is 0. The number of unbranched alkanes of at least 4 members (excludes halogenated alkanes) is 1. The molecule has 7 heteroatoms. The van der Waals surface area contributed by atoms with Crippen LogP contribution >= 0.6 is 0 Å². The second kappa shape index (κ2) is 10.3. The van der Waals surface area contributed by atoms with E-state index in [1.807, 2.05) is 49.4 Å². The van der Waals surface area contributed by atoms with Crippen molar-refractivity contribution in [2.24, 2.45) is 0 Å². The zero-order chi connectivity index (χ0) is 23.1. The SMILES string of the molecule is CCCCC(=O)N(Cc1ccc(-c2ccccc2C#N)cc1)c1nccc(C)c1[N+](=O)[O-]. The highest BCUT2D eigenvalue weighted by atomic mass is 16.6. The lowest BCUT2D eigenvalue weighted by atomic mass is 9.99. The number of aromatic nitrogens is 1. The minimum absolute atomic E-state index is 0.0648. The molecule has 0 saturated carbocycles. The third kappa shape index (κ3) is 4.98. The first-order valence-corrected chi connectivity index (χ1v) is 10.4. The van der Waals surface area contributed by atoms with Gasteiger partial charge in [0.25, 0.3) is 0 Å². The maximum Gasteiger partial charge on any atom is 0.314 e. The Labute approximate surface area is 187 Å². The summed E-state index contributed by atoms with van der Waals surface area (Å²) in [5, 5.41) is 21.0. The molecule has 0 aliphatic rings. The van der Waals surface area contributed by atoms with Crippen molar-refractivity contribution in [2.75, 3.05) is 4.90 Å². The Bertz CT molecular complexity index is 1170. The number of nitrogens with zero attached hydrogens (tertiary/aromatic N) is 4. The van der Waals surface area contributed by atoms with Gasteiger partial charge in [-0.05, 0) is 42.2 Å². The van der Waals surface area contributed by atoms with E-state index in [0.29, 0.717) is 17.5 Å². The number of aryl methyl sites for hydroxylation is 1. The summed E-state index contributed by atoms with van der Waals surface area (Å²) in [6.07, 6.45) is 3.31. The maximum absolute atomic E-state index is 13.0. The van der Waals surface area contributed by atoms with E-state index in [4.69, 9.17) is 0 Å². The minimum Gasteiger partial charge on any atom is -0.287 e. The lowest BCUT2D eigenvalue weighted by molar-refractivity contribution is -0.384. The van der Waals surface area contributed by atoms with Gasteiger partial charge in [0.2, 0.25) is 11.7 Å². The Morgan fingerprint density at radius 3 is 2.53 bits per heavy atom. The van der Waals surface area contributed by atoms with Gasteiger partial charge in [0.05, 0.1) is 23.1 Å². The fourth-order valence-electron chi connectivity index (χ4n) is 3.51. The van der Waals surface area contributed by atoms with Gasteiger partial charge in [0.15, 0.2) is 0 Å². The van der Waals surface area contributed by atoms with Gasteiger partial charge in [-0.3, -0.25) is 19.8 Å². The normalized spacial score (nSPS) is 10.4. The van der Waals surface area contributed by atoms with Gasteiger partial charge < -0.3 is 0 Å². The van der Waals surface area contributed by atoms with Crippen molar-refractivity contribution in [2.45, 2.75) is 39.7 Å². The minimum atomic E-state index is -0.486. The van der Waals surface area contributed by atoms with Gasteiger partial charge >= 0.3 is 5.69 Å². The number of nitro groups is 1. The van der Waals surface area contributed by atoms with Crippen LogP contribution in [-0.4, -0.2) is 15.8 Å². The molecule has 1 amide bonds. The lowest BCUT2D eigenvalue weighted by Gasteiger charge is -2.22. The zero-order valence-electron chi connectivity index (χ0n) is 18.1. The molecule has 0 saturated heterocycles. The van der Waals surface area contributed by atoms with E-state index in [1.54, 1.807) is 19.1 Å². The van der Waals surface area contributed by atoms with Crippen molar-refractivity contribution in [3.8, 4) is 17.2 Å². The number of amides is 1. The molecule has 3 aromatic rings. The van der Waals surface area contributed by atoms with Crippen molar-refractivity contribution in [3.63, 3.8) is 0 Å². The van der Waals surface area contributed by atoms with Crippen LogP contribution in [0, 0.1) is 28.4 Å². The Kier molecular flexibility index (Phi) is 7.29. The quantitative estimate of drug-likeness (QED) is 0.345. The summed E-state index contributed by atoms with van der Waals surface area (Å²) in [5.41, 5.74) is 3.40. The molecule has 0 N–H and O–H groups in total. The molecule has 0 atom stereocenters. The van der Waals surface area contributed by atoms with Crippen LogP contribution in [-0.2, 0) is 11.3 Å². The Morgan fingerprint density at radius 1 is 1.16 bits per heavy atom. The number of hydrogen-bond acceptors (Lipinski definition) is 5. The monoisotopic (exact) mass is 428 g/mol. The van der Waals surface area contributed by atoms with Gasteiger partial charge in [0, 0.05) is 18.2 Å². The van der Waals surface area contributed by atoms with E-state index in [0.717, 1.165) is 23.1 Å². The van der Waals surface area contributed by atoms with Crippen LogP contribution in [0.4, 0.5) is 11.5 Å². The van der Waals surface area contributed by atoms with Gasteiger partial charge in [-0.25, -0.2) is 4.98 Å². The molecule has 1 aromatic heterocycles. The Morgan fingerprint density at radius 2 is 1.88 bits per heavy atom. The van der Waals surface area contributed by atoms with Crippen LogP contribution in [0.2, 0.25) is 0 Å². The smallest absolute Gasteiger partial charge is 0.287 e. The molecule has 0 spiro atoms. The molecule has 0 radical (unpaired) electrons. The molecule has 3 rings (SSSR count). The zero-order valence-corrected chi connectivity index (χ0v) is 18.1. The Hall–Kier alpha value is -4.05. The van der Waals surface area contributed by atoms with Crippen LogP contribution in [0.5, 0.6) is 0 Å². The number of carbonyl (C=O) groups is 1. The van der Waals surface area contributed by atoms with Crippen molar-refractivity contribution in [3.05, 3.63) is 87.6 Å². The summed E-state index contributed by atoms with van der Waals surface area (Å²) >= 11 is 0. The number of nitriles is 1. The molecule has 32 heavy (non-hydrogen) atoms. The average Bonchev–Trinajstić information content (AvgIpc) is 2.81. The molecule has 0 fully saturated rings. The highest BCUT2D eigenvalue weighted by Crippen LogP contribution is 2.31. The summed E-state index contributed by atoms with van der Waals surface area (Å²) in [5.74, 6) is -0.137. The van der Waals surface area contributed by atoms with Gasteiger partial charge in [-0.2, -0.15) is 5.26 Å². The van der Waals surface area contributed by atoms with Gasteiger partial charge in [-0.1, -0.05) is 55.8 Å². The summed E-state index contributed by atoms with van der Waals surface area (Å²) < 4.78 is 0. The average molecular weight is 428 g/mol. The molecular weight excluding hydrogens is 404 g/mol. The van der Waals surface area contributed by atoms with Crippen molar-refractivity contribution in [1.29, 1.82) is 5.26 Å². The summed E-state index contributed by atoms with van der Waals surface area (Å²) in [4.78, 5) is 29.8. The van der Waals surface area contributed by atoms with Crippen LogP contribution < -0.4 is 4.90 Å². The first kappa shape index (κ1) is 22.6. The van der Waals surface area contributed by atoms with E-state index in [2.05, 4.69) is 11.1 Å². The van der Waals surface area contributed by atoms with Crippen molar-refractivity contribution >= 4 is 17.4 Å². The number of anilines is 1.